The zero-order chi connectivity index (χ0) is 13.1. The summed E-state index contributed by atoms with van der Waals surface area (Å²) >= 11 is 8.93. The Bertz CT molecular complexity index is 573. The van der Waals surface area contributed by atoms with Gasteiger partial charge in [0.1, 0.15) is 11.6 Å². The Morgan fingerprint density at radius 3 is 2.67 bits per heavy atom. The molecule has 0 spiro atoms. The third-order valence-corrected chi connectivity index (χ3v) is 3.55. The van der Waals surface area contributed by atoms with Crippen LogP contribution in [0.4, 0.5) is 14.5 Å². The van der Waals surface area contributed by atoms with Gasteiger partial charge in [-0.1, -0.05) is 23.7 Å². The lowest BCUT2D eigenvalue weighted by molar-refractivity contribution is 0.618. The second-order valence-electron chi connectivity index (χ2n) is 3.69. The van der Waals surface area contributed by atoms with E-state index in [9.17, 15) is 8.78 Å². The highest BCUT2D eigenvalue weighted by molar-refractivity contribution is 9.10. The third-order valence-electron chi connectivity index (χ3n) is 2.43. The summed E-state index contributed by atoms with van der Waals surface area (Å²) in [6.45, 7) is 0.301. The van der Waals surface area contributed by atoms with Crippen molar-refractivity contribution in [2.24, 2.45) is 0 Å². The molecule has 0 amide bonds. The summed E-state index contributed by atoms with van der Waals surface area (Å²) in [6.07, 6.45) is 0. The van der Waals surface area contributed by atoms with Crippen molar-refractivity contribution in [3.63, 3.8) is 0 Å². The second-order valence-corrected chi connectivity index (χ2v) is 4.92. The molecule has 2 rings (SSSR count). The number of nitrogens with one attached hydrogen (secondary N) is 1. The highest BCUT2D eigenvalue weighted by atomic mass is 79.9. The highest BCUT2D eigenvalue weighted by Gasteiger charge is 2.07. The SMILES string of the molecule is Fc1ccc(Cl)cc1NCc1cccc(F)c1Br. The average Bonchev–Trinajstić information content (AvgIpc) is 2.35. The Hall–Kier alpha value is -1.13. The van der Waals surface area contributed by atoms with E-state index in [0.717, 1.165) is 0 Å². The van der Waals surface area contributed by atoms with E-state index in [1.807, 2.05) is 0 Å². The fourth-order valence-electron chi connectivity index (χ4n) is 1.51. The van der Waals surface area contributed by atoms with Crippen molar-refractivity contribution in [3.8, 4) is 0 Å². The van der Waals surface area contributed by atoms with Gasteiger partial charge in [-0.3, -0.25) is 0 Å². The van der Waals surface area contributed by atoms with E-state index in [4.69, 9.17) is 11.6 Å². The van der Waals surface area contributed by atoms with Gasteiger partial charge < -0.3 is 5.32 Å². The van der Waals surface area contributed by atoms with Crippen LogP contribution in [-0.4, -0.2) is 0 Å². The monoisotopic (exact) mass is 331 g/mol. The summed E-state index contributed by atoms with van der Waals surface area (Å²) in [4.78, 5) is 0. The number of hydrogen-bond acceptors (Lipinski definition) is 1. The molecule has 2 aromatic carbocycles. The van der Waals surface area contributed by atoms with Gasteiger partial charge in [0.25, 0.3) is 0 Å². The van der Waals surface area contributed by atoms with Gasteiger partial charge in [0.05, 0.1) is 10.2 Å². The molecular weight excluding hydrogens is 324 g/mol. The molecule has 94 valence electrons. The summed E-state index contributed by atoms with van der Waals surface area (Å²) in [5.74, 6) is -0.743. The topological polar surface area (TPSA) is 12.0 Å². The minimum atomic E-state index is -0.396. The van der Waals surface area contributed by atoms with E-state index in [1.165, 1.54) is 24.3 Å². The molecule has 18 heavy (non-hydrogen) atoms. The Morgan fingerprint density at radius 1 is 1.11 bits per heavy atom. The Labute approximate surface area is 117 Å². The first-order chi connectivity index (χ1) is 8.58. The molecule has 0 saturated carbocycles. The molecule has 0 aliphatic carbocycles. The maximum Gasteiger partial charge on any atom is 0.146 e. The van der Waals surface area contributed by atoms with E-state index in [1.54, 1.807) is 12.1 Å². The molecule has 0 aliphatic rings. The molecule has 0 aromatic heterocycles. The molecule has 0 fully saturated rings. The fourth-order valence-corrected chi connectivity index (χ4v) is 2.09. The first kappa shape index (κ1) is 13.3. The van der Waals surface area contributed by atoms with Crippen molar-refractivity contribution in [1.29, 1.82) is 0 Å². The molecule has 1 nitrogen and oxygen atoms in total. The zero-order valence-electron chi connectivity index (χ0n) is 9.18. The highest BCUT2D eigenvalue weighted by Crippen LogP contribution is 2.23. The molecule has 0 atom stereocenters. The molecular formula is C13H9BrClF2N. The van der Waals surface area contributed by atoms with Crippen LogP contribution in [0, 0.1) is 11.6 Å². The summed E-state index contributed by atoms with van der Waals surface area (Å²) < 4.78 is 27.1. The third kappa shape index (κ3) is 3.00. The summed E-state index contributed by atoms with van der Waals surface area (Å²) in [5.41, 5.74) is 0.994. The number of hydrogen-bond donors (Lipinski definition) is 1. The van der Waals surface area contributed by atoms with Crippen molar-refractivity contribution < 1.29 is 8.78 Å². The van der Waals surface area contributed by atoms with Crippen molar-refractivity contribution in [1.82, 2.24) is 0 Å². The lowest BCUT2D eigenvalue weighted by Crippen LogP contribution is -2.02. The predicted molar refractivity (Wildman–Crippen MR) is 72.8 cm³/mol. The summed E-state index contributed by atoms with van der Waals surface area (Å²) in [7, 11) is 0. The zero-order valence-corrected chi connectivity index (χ0v) is 11.5. The van der Waals surface area contributed by atoms with E-state index in [2.05, 4.69) is 21.2 Å². The van der Waals surface area contributed by atoms with Gasteiger partial charge >= 0.3 is 0 Å². The lowest BCUT2D eigenvalue weighted by atomic mass is 10.2. The van der Waals surface area contributed by atoms with Crippen LogP contribution in [0.1, 0.15) is 5.56 Å². The van der Waals surface area contributed by atoms with Crippen LogP contribution in [0.5, 0.6) is 0 Å². The average molecular weight is 333 g/mol. The molecule has 0 unspecified atom stereocenters. The van der Waals surface area contributed by atoms with Gasteiger partial charge in [0.2, 0.25) is 0 Å². The van der Waals surface area contributed by atoms with Crippen LogP contribution >= 0.6 is 27.5 Å². The molecule has 0 bridgehead atoms. The lowest BCUT2D eigenvalue weighted by Gasteiger charge is -2.09. The Morgan fingerprint density at radius 2 is 1.89 bits per heavy atom. The van der Waals surface area contributed by atoms with Crippen LogP contribution in [0.15, 0.2) is 40.9 Å². The molecule has 0 aliphatic heterocycles. The summed E-state index contributed by atoms with van der Waals surface area (Å²) in [6, 6.07) is 8.96. The van der Waals surface area contributed by atoms with E-state index in [0.29, 0.717) is 27.3 Å². The minimum absolute atomic E-state index is 0.290. The van der Waals surface area contributed by atoms with Crippen molar-refractivity contribution >= 4 is 33.2 Å². The van der Waals surface area contributed by atoms with E-state index >= 15 is 0 Å². The van der Waals surface area contributed by atoms with Gasteiger partial charge in [-0.05, 0) is 45.8 Å². The number of rotatable bonds is 3. The number of halogens is 4. The maximum atomic E-state index is 13.4. The normalized spacial score (nSPS) is 10.4. The molecule has 2 aromatic rings. The standard InChI is InChI=1S/C13H9BrClF2N/c14-13-8(2-1-3-11(13)17)7-18-12-6-9(15)4-5-10(12)16/h1-6,18H,7H2. The summed E-state index contributed by atoms with van der Waals surface area (Å²) in [5, 5.41) is 3.32. The van der Waals surface area contributed by atoms with Gasteiger partial charge in [-0.2, -0.15) is 0 Å². The quantitative estimate of drug-likeness (QED) is 0.834. The van der Waals surface area contributed by atoms with Crippen LogP contribution in [-0.2, 0) is 6.54 Å². The van der Waals surface area contributed by atoms with Crippen LogP contribution in [0.25, 0.3) is 0 Å². The molecule has 0 heterocycles. The Kier molecular flexibility index (Phi) is 4.19. The Balaban J connectivity index is 2.16. The first-order valence-corrected chi connectivity index (χ1v) is 6.37. The maximum absolute atomic E-state index is 13.4. The fraction of sp³-hybridized carbons (Fsp3) is 0.0769. The van der Waals surface area contributed by atoms with E-state index in [-0.39, 0.29) is 5.82 Å². The molecule has 1 N–H and O–H groups in total. The van der Waals surface area contributed by atoms with Gasteiger partial charge in [0, 0.05) is 11.6 Å². The molecule has 0 radical (unpaired) electrons. The number of anilines is 1. The van der Waals surface area contributed by atoms with Crippen molar-refractivity contribution in [2.75, 3.05) is 5.32 Å². The van der Waals surface area contributed by atoms with E-state index < -0.39 is 5.82 Å². The van der Waals surface area contributed by atoms with Crippen LogP contribution in [0.2, 0.25) is 5.02 Å². The van der Waals surface area contributed by atoms with Crippen LogP contribution < -0.4 is 5.32 Å². The minimum Gasteiger partial charge on any atom is -0.379 e. The molecule has 0 saturated heterocycles. The second kappa shape index (κ2) is 5.67. The number of benzene rings is 2. The molecule has 5 heteroatoms. The van der Waals surface area contributed by atoms with Gasteiger partial charge in [-0.15, -0.1) is 0 Å². The first-order valence-electron chi connectivity index (χ1n) is 5.20. The smallest absolute Gasteiger partial charge is 0.146 e. The van der Waals surface area contributed by atoms with Gasteiger partial charge in [-0.25, -0.2) is 8.78 Å². The predicted octanol–water partition coefficient (Wildman–Crippen LogP) is 4.99. The van der Waals surface area contributed by atoms with Crippen molar-refractivity contribution in [2.45, 2.75) is 6.54 Å². The van der Waals surface area contributed by atoms with Crippen LogP contribution in [0.3, 0.4) is 0 Å². The van der Waals surface area contributed by atoms with Gasteiger partial charge in [0.15, 0.2) is 0 Å². The largest absolute Gasteiger partial charge is 0.379 e. The van der Waals surface area contributed by atoms with Crippen molar-refractivity contribution in [3.05, 3.63) is 63.1 Å².